The van der Waals surface area contributed by atoms with E-state index in [0.29, 0.717) is 12.8 Å². The normalized spacial score (nSPS) is 12.5. The van der Waals surface area contributed by atoms with Gasteiger partial charge in [-0.2, -0.15) is 4.89 Å². The van der Waals surface area contributed by atoms with Crippen molar-refractivity contribution in [3.05, 3.63) is 77.2 Å². The molecule has 2 N–H and O–H groups in total. The highest BCUT2D eigenvalue weighted by Crippen LogP contribution is 2.38. The lowest BCUT2D eigenvalue weighted by Crippen LogP contribution is -2.19. The number of halogens is 1. The zero-order chi connectivity index (χ0) is 26.2. The van der Waals surface area contributed by atoms with Crippen LogP contribution in [-0.2, 0) is 26.9 Å². The molecule has 2 unspecified atom stereocenters. The van der Waals surface area contributed by atoms with E-state index in [-0.39, 0.29) is 30.9 Å². The van der Waals surface area contributed by atoms with Crippen molar-refractivity contribution in [3.63, 3.8) is 0 Å². The molecule has 0 aliphatic carbocycles. The Bertz CT molecular complexity index is 1200. The van der Waals surface area contributed by atoms with E-state index >= 15 is 0 Å². The fourth-order valence-electron chi connectivity index (χ4n) is 4.32. The third-order valence-electron chi connectivity index (χ3n) is 5.90. The minimum Gasteiger partial charge on any atom is -0.465 e. The average Bonchev–Trinajstić information content (AvgIpc) is 2.83. The molecule has 0 saturated heterocycles. The van der Waals surface area contributed by atoms with Gasteiger partial charge >= 0.3 is 14.0 Å². The summed E-state index contributed by atoms with van der Waals surface area (Å²) in [6, 6.07) is 16.3. The maximum atomic E-state index is 13.8. The van der Waals surface area contributed by atoms with E-state index < -0.39 is 20.1 Å². The van der Waals surface area contributed by atoms with Crippen LogP contribution in [0.3, 0.4) is 0 Å². The molecular weight excluding hydrogens is 480 g/mol. The van der Waals surface area contributed by atoms with Gasteiger partial charge in [0, 0.05) is 17.7 Å². The molecule has 2 aromatic carbocycles. The standard InChI is InChI=1S/C28H31FNO5P/c1-4-23-26(19-10-12-21(29)13-11-19)24(14-15-35-25(32)16-22(31)17-36(33)34)27(18(2)3)30-28(23)20-8-6-5-7-9-20/h5-13,18,22,31H,4,14-17H2,1-3H3/p+1. The Labute approximate surface area is 212 Å². The first-order valence-electron chi connectivity index (χ1n) is 12.0. The molecule has 0 radical (unpaired) electrons. The van der Waals surface area contributed by atoms with Crippen LogP contribution in [0.1, 0.15) is 49.9 Å². The van der Waals surface area contributed by atoms with Gasteiger partial charge in [0.1, 0.15) is 11.9 Å². The molecule has 2 atom stereocenters. The molecule has 0 bridgehead atoms. The molecule has 6 nitrogen and oxygen atoms in total. The Hall–Kier alpha value is -2.99. The van der Waals surface area contributed by atoms with Gasteiger partial charge < -0.3 is 9.84 Å². The van der Waals surface area contributed by atoms with Crippen LogP contribution < -0.4 is 0 Å². The molecule has 0 saturated carbocycles. The van der Waals surface area contributed by atoms with Crippen LogP contribution in [0.15, 0.2) is 54.6 Å². The lowest BCUT2D eigenvalue weighted by molar-refractivity contribution is -0.145. The minimum absolute atomic E-state index is 0.0558. The molecular formula is C28H32FNO5P+. The summed E-state index contributed by atoms with van der Waals surface area (Å²) in [6.45, 7) is 6.22. The van der Waals surface area contributed by atoms with Gasteiger partial charge in [-0.15, -0.1) is 0 Å². The van der Waals surface area contributed by atoms with Crippen LogP contribution in [0, 0.1) is 5.82 Å². The summed E-state index contributed by atoms with van der Waals surface area (Å²) in [4.78, 5) is 26.2. The van der Waals surface area contributed by atoms with E-state index in [1.54, 1.807) is 12.1 Å². The van der Waals surface area contributed by atoms with Crippen LogP contribution >= 0.6 is 8.03 Å². The third-order valence-corrected chi connectivity index (χ3v) is 6.63. The summed E-state index contributed by atoms with van der Waals surface area (Å²) in [5, 5.41) is 9.76. The maximum Gasteiger partial charge on any atom is 0.508 e. The van der Waals surface area contributed by atoms with Crippen LogP contribution in [-0.4, -0.2) is 39.8 Å². The van der Waals surface area contributed by atoms with Crippen molar-refractivity contribution < 1.29 is 28.5 Å². The number of aromatic nitrogens is 1. The first kappa shape index (κ1) is 27.6. The van der Waals surface area contributed by atoms with E-state index in [9.17, 15) is 18.9 Å². The first-order chi connectivity index (χ1) is 17.2. The highest BCUT2D eigenvalue weighted by Gasteiger charge is 2.24. The Balaban J connectivity index is 2.04. The summed E-state index contributed by atoms with van der Waals surface area (Å²) in [5.41, 5.74) is 6.53. The topological polar surface area (TPSA) is 96.7 Å². The van der Waals surface area contributed by atoms with Crippen LogP contribution in [0.5, 0.6) is 0 Å². The fraction of sp³-hybridized carbons (Fsp3) is 0.357. The van der Waals surface area contributed by atoms with Crippen molar-refractivity contribution in [1.82, 2.24) is 4.98 Å². The van der Waals surface area contributed by atoms with Gasteiger partial charge in [0.2, 0.25) is 6.16 Å². The summed E-state index contributed by atoms with van der Waals surface area (Å²) >= 11 is 0. The predicted molar refractivity (Wildman–Crippen MR) is 139 cm³/mol. The number of rotatable bonds is 11. The van der Waals surface area contributed by atoms with Crippen molar-refractivity contribution in [3.8, 4) is 22.4 Å². The number of aliphatic hydroxyl groups excluding tert-OH is 1. The Morgan fingerprint density at radius 2 is 1.72 bits per heavy atom. The van der Waals surface area contributed by atoms with Gasteiger partial charge in [-0.3, -0.25) is 9.78 Å². The molecule has 0 spiro atoms. The third kappa shape index (κ3) is 7.03. The molecule has 1 aromatic heterocycles. The Morgan fingerprint density at radius 1 is 1.06 bits per heavy atom. The fourth-order valence-corrected chi connectivity index (χ4v) is 4.81. The van der Waals surface area contributed by atoms with Gasteiger partial charge in [0.25, 0.3) is 0 Å². The number of nitrogens with zero attached hydrogens (tertiary/aromatic N) is 1. The molecule has 190 valence electrons. The number of aliphatic hydroxyl groups is 1. The van der Waals surface area contributed by atoms with Gasteiger partial charge in [0.05, 0.1) is 18.7 Å². The van der Waals surface area contributed by atoms with Gasteiger partial charge in [-0.05, 0) is 51.3 Å². The van der Waals surface area contributed by atoms with E-state index in [2.05, 4.69) is 20.8 Å². The quantitative estimate of drug-likeness (QED) is 0.249. The molecule has 1 heterocycles. The van der Waals surface area contributed by atoms with E-state index in [1.807, 2.05) is 30.3 Å². The SMILES string of the molecule is CCc1c(-c2ccccc2)nc(C(C)C)c(CCOC(=O)CC(O)C[P+](=O)O)c1-c1ccc(F)cc1. The second-order valence-corrected chi connectivity index (χ2v) is 9.99. The highest BCUT2D eigenvalue weighted by atomic mass is 31.1. The van der Waals surface area contributed by atoms with Gasteiger partial charge in [-0.25, -0.2) is 4.39 Å². The van der Waals surface area contributed by atoms with Crippen LogP contribution in [0.4, 0.5) is 4.39 Å². The number of carbonyl (C=O) groups is 1. The number of hydrogen-bond donors (Lipinski definition) is 2. The van der Waals surface area contributed by atoms with Crippen molar-refractivity contribution in [2.75, 3.05) is 12.8 Å². The summed E-state index contributed by atoms with van der Waals surface area (Å²) in [5.74, 6) is -0.888. The van der Waals surface area contributed by atoms with E-state index in [0.717, 1.165) is 39.2 Å². The number of hydrogen-bond acceptors (Lipinski definition) is 5. The van der Waals surface area contributed by atoms with Crippen molar-refractivity contribution >= 4 is 14.0 Å². The lowest BCUT2D eigenvalue weighted by atomic mass is 9.86. The minimum atomic E-state index is -2.53. The zero-order valence-electron chi connectivity index (χ0n) is 20.8. The van der Waals surface area contributed by atoms with E-state index in [4.69, 9.17) is 14.6 Å². The molecule has 0 fully saturated rings. The molecule has 0 aliphatic rings. The lowest BCUT2D eigenvalue weighted by Gasteiger charge is -2.23. The largest absolute Gasteiger partial charge is 0.508 e. The molecule has 0 aliphatic heterocycles. The average molecular weight is 513 g/mol. The molecule has 0 amide bonds. The van der Waals surface area contributed by atoms with E-state index in [1.165, 1.54) is 12.1 Å². The highest BCUT2D eigenvalue weighted by molar-refractivity contribution is 7.38. The predicted octanol–water partition coefficient (Wildman–Crippen LogP) is 5.81. The van der Waals surface area contributed by atoms with Crippen molar-refractivity contribution in [1.29, 1.82) is 0 Å². The van der Waals surface area contributed by atoms with Gasteiger partial charge in [0.15, 0.2) is 0 Å². The van der Waals surface area contributed by atoms with Crippen LogP contribution in [0.25, 0.3) is 22.4 Å². The van der Waals surface area contributed by atoms with Crippen molar-refractivity contribution in [2.45, 2.75) is 52.1 Å². The number of ether oxygens (including phenoxy) is 1. The number of carbonyl (C=O) groups excluding carboxylic acids is 1. The Kier molecular flexibility index (Phi) is 9.82. The number of pyridine rings is 1. The molecule has 36 heavy (non-hydrogen) atoms. The monoisotopic (exact) mass is 512 g/mol. The molecule has 8 heteroatoms. The second-order valence-electron chi connectivity index (χ2n) is 8.92. The number of benzene rings is 2. The molecule has 3 rings (SSSR count). The summed E-state index contributed by atoms with van der Waals surface area (Å²) in [7, 11) is -2.53. The number of esters is 1. The van der Waals surface area contributed by atoms with Crippen LogP contribution in [0.2, 0.25) is 0 Å². The smallest absolute Gasteiger partial charge is 0.465 e. The van der Waals surface area contributed by atoms with Gasteiger partial charge in [-0.1, -0.05) is 63.2 Å². The Morgan fingerprint density at radius 3 is 2.31 bits per heavy atom. The maximum absolute atomic E-state index is 13.8. The zero-order valence-corrected chi connectivity index (χ0v) is 21.7. The summed E-state index contributed by atoms with van der Waals surface area (Å²) < 4.78 is 30.0. The second kappa shape index (κ2) is 12.8. The summed E-state index contributed by atoms with van der Waals surface area (Å²) in [6.07, 6.45) is -0.881. The van der Waals surface area contributed by atoms with Crippen molar-refractivity contribution in [2.24, 2.45) is 0 Å². The molecule has 3 aromatic rings. The first-order valence-corrected chi connectivity index (χ1v) is 13.4.